The molecule has 4 atom stereocenters. The van der Waals surface area contributed by atoms with E-state index in [1.807, 2.05) is 12.1 Å². The molecule has 6 heterocycles. The van der Waals surface area contributed by atoms with Gasteiger partial charge in [0.05, 0.1) is 13.1 Å². The summed E-state index contributed by atoms with van der Waals surface area (Å²) in [5.74, 6) is -0.199. The first-order chi connectivity index (χ1) is 25.8. The van der Waals surface area contributed by atoms with Gasteiger partial charge >= 0.3 is 71.1 Å². The molecule has 6 aliphatic rings. The van der Waals surface area contributed by atoms with Crippen molar-refractivity contribution in [1.29, 1.82) is 0 Å². The van der Waals surface area contributed by atoms with E-state index in [1.54, 1.807) is 12.1 Å². The maximum Gasteiger partial charge on any atom is 1.00 e. The number of ether oxygens (including phenoxy) is 2. The third-order valence-electron chi connectivity index (χ3n) is 12.0. The predicted molar refractivity (Wildman–Crippen MR) is 189 cm³/mol. The first-order valence-electron chi connectivity index (χ1n) is 18.3. The molecule has 0 radical (unpaired) electrons. The van der Waals surface area contributed by atoms with Crippen molar-refractivity contribution in [2.24, 2.45) is 0 Å². The molecule has 0 amide bonds. The maximum absolute atomic E-state index is 11.9. The number of benzene rings is 2. The summed E-state index contributed by atoms with van der Waals surface area (Å²) in [7, 11) is 0. The van der Waals surface area contributed by atoms with E-state index in [1.165, 1.54) is 12.7 Å². The Morgan fingerprint density at radius 2 is 1.07 bits per heavy atom. The van der Waals surface area contributed by atoms with E-state index in [-0.39, 0.29) is 119 Å². The number of nitrogens with one attached hydrogen (secondary N) is 2. The van der Waals surface area contributed by atoms with Gasteiger partial charge in [0.1, 0.15) is 59.1 Å². The molecule has 56 heavy (non-hydrogen) atoms. The van der Waals surface area contributed by atoms with Gasteiger partial charge in [0, 0.05) is 26.2 Å². The second-order valence-corrected chi connectivity index (χ2v) is 15.8. The fraction of sp³-hybridized carbons (Fsp3) is 0.471. The van der Waals surface area contributed by atoms with E-state index in [9.17, 15) is 39.9 Å². The number of carboxylic acids is 2. The Hall–Kier alpha value is -2.85. The Kier molecular flexibility index (Phi) is 11.6. The van der Waals surface area contributed by atoms with E-state index in [4.69, 9.17) is 9.47 Å². The molecule has 2 aromatic carbocycles. The Bertz CT molecular complexity index is 1950. The van der Waals surface area contributed by atoms with E-state index in [0.717, 1.165) is 22.8 Å². The van der Waals surface area contributed by atoms with Crippen molar-refractivity contribution >= 4 is 25.0 Å². The van der Waals surface area contributed by atoms with Gasteiger partial charge in [-0.3, -0.25) is 20.0 Å². The number of hydrogen-bond acceptors (Lipinski definition) is 14. The van der Waals surface area contributed by atoms with Crippen LogP contribution < -0.4 is 68.6 Å². The third-order valence-corrected chi connectivity index (χ3v) is 12.0. The minimum atomic E-state index is -2.54. The van der Waals surface area contributed by atoms with Crippen LogP contribution in [0.15, 0.2) is 36.9 Å². The van der Waals surface area contributed by atoms with Crippen LogP contribution >= 0.6 is 0 Å². The number of aromatic amines is 2. The van der Waals surface area contributed by atoms with Crippen molar-refractivity contribution in [2.75, 3.05) is 26.2 Å². The molecular formula is C34H40B2N8Na2O10. The number of rotatable bonds is 10. The van der Waals surface area contributed by atoms with Crippen molar-refractivity contribution in [3.8, 4) is 11.5 Å². The SMILES string of the molecule is O=C(O)c1c(OC2CN(Cc3ncn[nH]3)C2)ccc2c1C[B-](O)(O)[C@H]1C[C@@H]21.O=C(O)c1c(OC2CN(Cc3ncn[nH]3)C2)ccc2c1C[B-](O)(O)[C@H]1C[C@@H]21.[Na+].[Na+]. The average molecular weight is 788 g/mol. The smallest absolute Gasteiger partial charge is 0.583 e. The van der Waals surface area contributed by atoms with Crippen molar-refractivity contribution in [1.82, 2.24) is 40.2 Å². The van der Waals surface area contributed by atoms with Gasteiger partial charge in [-0.1, -0.05) is 48.7 Å². The Morgan fingerprint density at radius 1 is 0.679 bits per heavy atom. The fourth-order valence-corrected chi connectivity index (χ4v) is 9.16. The second kappa shape index (κ2) is 15.7. The first kappa shape index (κ1) is 41.3. The number of H-pyrrole nitrogens is 2. The van der Waals surface area contributed by atoms with Gasteiger partial charge in [-0.2, -0.15) is 10.2 Å². The van der Waals surface area contributed by atoms with E-state index < -0.39 is 25.0 Å². The van der Waals surface area contributed by atoms with Crippen LogP contribution in [0, 0.1) is 0 Å². The van der Waals surface area contributed by atoms with Crippen LogP contribution in [0.2, 0.25) is 11.6 Å². The Morgan fingerprint density at radius 3 is 1.41 bits per heavy atom. The molecule has 2 saturated carbocycles. The first-order valence-corrected chi connectivity index (χ1v) is 18.3. The minimum absolute atomic E-state index is 0. The molecule has 284 valence electrons. The number of carboxylic acid groups (broad SMARTS) is 2. The average Bonchev–Trinajstić information content (AvgIpc) is 3.95. The quantitative estimate of drug-likeness (QED) is 0.0697. The van der Waals surface area contributed by atoms with Gasteiger partial charge in [0.25, 0.3) is 0 Å². The third kappa shape index (κ3) is 7.96. The summed E-state index contributed by atoms with van der Waals surface area (Å²) in [5, 5.41) is 73.9. The van der Waals surface area contributed by atoms with Gasteiger partial charge in [-0.05, 0) is 35.1 Å². The van der Waals surface area contributed by atoms with Crippen molar-refractivity contribution in [3.05, 3.63) is 81.9 Å². The summed E-state index contributed by atoms with van der Waals surface area (Å²) in [6.07, 6.45) is 4.08. The van der Waals surface area contributed by atoms with Crippen LogP contribution in [0.1, 0.15) is 79.3 Å². The van der Waals surface area contributed by atoms with Crippen LogP contribution in [0.5, 0.6) is 11.5 Å². The molecule has 0 unspecified atom stereocenters. The second-order valence-electron chi connectivity index (χ2n) is 15.8. The standard InChI is InChI=1S/2C17H20BN4O5.2Na/c2*23-17(24)16-12-4-18(25,26)13-3-11(13)10(12)1-2-14(16)27-9-5-22(6-9)7-15-19-8-20-21-15;;/h2*1-2,8-9,11,13,25-26H,3-7H2,(H,23,24)(H,19,20,21);;/q2*-1;2*+1/t2*11-,13-;;/m00../s1. The molecule has 2 aliphatic carbocycles. The van der Waals surface area contributed by atoms with Gasteiger partial charge < -0.3 is 39.8 Å². The maximum atomic E-state index is 11.9. The van der Waals surface area contributed by atoms with Gasteiger partial charge in [-0.15, -0.1) is 11.6 Å². The van der Waals surface area contributed by atoms with Gasteiger partial charge in [-0.25, -0.2) is 19.6 Å². The summed E-state index contributed by atoms with van der Waals surface area (Å²) in [6, 6.07) is 7.20. The molecule has 2 aromatic heterocycles. The molecule has 18 nitrogen and oxygen atoms in total. The van der Waals surface area contributed by atoms with Crippen molar-refractivity contribution in [3.63, 3.8) is 0 Å². The van der Waals surface area contributed by atoms with Crippen LogP contribution in [-0.4, -0.2) is 134 Å². The van der Waals surface area contributed by atoms with Crippen molar-refractivity contribution < 1.29 is 108 Å². The zero-order chi connectivity index (χ0) is 37.5. The number of nitrogens with zero attached hydrogens (tertiary/aromatic N) is 6. The van der Waals surface area contributed by atoms with Crippen LogP contribution in [0.25, 0.3) is 0 Å². The topological polar surface area (TPSA) is 264 Å². The normalized spacial score (nSPS) is 25.1. The number of hydrogen-bond donors (Lipinski definition) is 8. The molecule has 0 bridgehead atoms. The monoisotopic (exact) mass is 788 g/mol. The minimum Gasteiger partial charge on any atom is -0.583 e. The molecule has 4 fully saturated rings. The molecule has 4 aliphatic heterocycles. The number of aromatic carboxylic acids is 2. The largest absolute Gasteiger partial charge is 1.00 e. The molecule has 22 heteroatoms. The van der Waals surface area contributed by atoms with E-state index in [2.05, 4.69) is 40.2 Å². The summed E-state index contributed by atoms with van der Waals surface area (Å²) in [5.41, 5.74) is 3.02. The molecule has 0 spiro atoms. The zero-order valence-corrected chi connectivity index (χ0v) is 35.2. The predicted octanol–water partition coefficient (Wildman–Crippen LogP) is -5.70. The summed E-state index contributed by atoms with van der Waals surface area (Å²) in [4.78, 5) is 36.3. The number of fused-ring (bicyclic) bond motifs is 6. The zero-order valence-electron chi connectivity index (χ0n) is 31.2. The Labute approximate surface area is 364 Å². The number of aromatic nitrogens is 6. The van der Waals surface area contributed by atoms with E-state index in [0.29, 0.717) is 74.7 Å². The van der Waals surface area contributed by atoms with Crippen LogP contribution in [0.3, 0.4) is 0 Å². The summed E-state index contributed by atoms with van der Waals surface area (Å²) >= 11 is 0. The molecular weight excluding hydrogens is 748 g/mol. The van der Waals surface area contributed by atoms with E-state index >= 15 is 0 Å². The van der Waals surface area contributed by atoms with Crippen LogP contribution in [-0.2, 0) is 25.7 Å². The fourth-order valence-electron chi connectivity index (χ4n) is 9.16. The summed E-state index contributed by atoms with van der Waals surface area (Å²) < 4.78 is 11.9. The van der Waals surface area contributed by atoms with Crippen LogP contribution in [0.4, 0.5) is 0 Å². The summed E-state index contributed by atoms with van der Waals surface area (Å²) in [6.45, 7) is -1.16. The molecule has 4 aromatic rings. The molecule has 2 saturated heterocycles. The number of carbonyl (C=O) groups is 2. The Balaban J connectivity index is 0.000000166. The molecule has 10 rings (SSSR count). The van der Waals surface area contributed by atoms with Gasteiger partial charge in [0.2, 0.25) is 13.1 Å². The molecule has 8 N–H and O–H groups in total. The number of likely N-dealkylation sites (tertiary alicyclic amines) is 2. The van der Waals surface area contributed by atoms with Crippen molar-refractivity contribution in [2.45, 2.75) is 74.2 Å². The van der Waals surface area contributed by atoms with Gasteiger partial charge in [0.15, 0.2) is 0 Å².